The van der Waals surface area contributed by atoms with Crippen molar-refractivity contribution in [2.45, 2.75) is 51.0 Å². The molecule has 2 aromatic carbocycles. The van der Waals surface area contributed by atoms with E-state index in [9.17, 15) is 4.79 Å². The monoisotopic (exact) mass is 566 g/mol. The first-order chi connectivity index (χ1) is 20.6. The summed E-state index contributed by atoms with van der Waals surface area (Å²) < 4.78 is 24.6. The Hall–Kier alpha value is -4.21. The lowest BCUT2D eigenvalue weighted by atomic mass is 9.93. The van der Waals surface area contributed by atoms with Crippen LogP contribution < -0.4 is 4.74 Å². The minimum atomic E-state index is -0.341. The molecule has 0 N–H and O–H groups in total. The number of benzene rings is 2. The number of aromatic nitrogens is 3. The summed E-state index contributed by atoms with van der Waals surface area (Å²) in [6.07, 6.45) is 5.01. The molecule has 3 aromatic heterocycles. The number of nitrogens with zero attached hydrogens (tertiary/aromatic N) is 4. The number of hydrogen-bond acceptors (Lipinski definition) is 8. The number of hydrogen-bond donors (Lipinski definition) is 0. The molecule has 216 valence electrons. The minimum Gasteiger partial charge on any atom is -0.473 e. The van der Waals surface area contributed by atoms with Gasteiger partial charge in [0, 0.05) is 35.2 Å². The predicted molar refractivity (Wildman–Crippen MR) is 157 cm³/mol. The maximum Gasteiger partial charge on any atom is 0.337 e. The molecule has 9 heteroatoms. The number of esters is 1. The second-order valence-electron chi connectivity index (χ2n) is 11.1. The molecule has 0 radical (unpaired) electrons. The van der Waals surface area contributed by atoms with Gasteiger partial charge in [0.05, 0.1) is 49.2 Å². The Morgan fingerprint density at radius 3 is 2.69 bits per heavy atom. The van der Waals surface area contributed by atoms with E-state index in [4.69, 9.17) is 28.6 Å². The van der Waals surface area contributed by atoms with Crippen LogP contribution in [0.25, 0.3) is 22.0 Å². The van der Waals surface area contributed by atoms with Crippen molar-refractivity contribution in [3.8, 4) is 5.88 Å². The van der Waals surface area contributed by atoms with Crippen LogP contribution in [0.4, 0.5) is 0 Å². The molecule has 9 nitrogen and oxygen atoms in total. The van der Waals surface area contributed by atoms with Crippen molar-refractivity contribution in [2.24, 2.45) is 0 Å². The highest BCUT2D eigenvalue weighted by atomic mass is 16.5. The number of imidazole rings is 1. The van der Waals surface area contributed by atoms with Gasteiger partial charge in [-0.2, -0.15) is 0 Å². The molecule has 2 fully saturated rings. The highest BCUT2D eigenvalue weighted by molar-refractivity contribution is 5.93. The van der Waals surface area contributed by atoms with Crippen molar-refractivity contribution >= 4 is 28.0 Å². The Morgan fingerprint density at radius 2 is 1.88 bits per heavy atom. The maximum absolute atomic E-state index is 12.2. The summed E-state index contributed by atoms with van der Waals surface area (Å²) in [4.78, 5) is 24.5. The van der Waals surface area contributed by atoms with Gasteiger partial charge in [-0.3, -0.25) is 4.90 Å². The van der Waals surface area contributed by atoms with Gasteiger partial charge < -0.3 is 23.2 Å². The minimum absolute atomic E-state index is 0.182. The number of furan rings is 1. The predicted octanol–water partition coefficient (Wildman–Crippen LogP) is 5.71. The molecule has 42 heavy (non-hydrogen) atoms. The molecular weight excluding hydrogens is 532 g/mol. The van der Waals surface area contributed by atoms with Gasteiger partial charge in [-0.25, -0.2) is 14.8 Å². The van der Waals surface area contributed by atoms with Crippen molar-refractivity contribution in [2.75, 3.05) is 26.8 Å². The summed E-state index contributed by atoms with van der Waals surface area (Å²) in [6, 6.07) is 19.6. The Morgan fingerprint density at radius 1 is 1.02 bits per heavy atom. The number of carbonyl (C=O) groups is 1. The maximum atomic E-state index is 12.2. The summed E-state index contributed by atoms with van der Waals surface area (Å²) in [7, 11) is 1.41. The fourth-order valence-electron chi connectivity index (χ4n) is 6.00. The Kier molecular flexibility index (Phi) is 7.36. The van der Waals surface area contributed by atoms with E-state index < -0.39 is 0 Å². The number of carbonyl (C=O) groups excluding carboxylic acids is 1. The number of rotatable bonds is 9. The molecular formula is C33H34N4O5. The van der Waals surface area contributed by atoms with Crippen molar-refractivity contribution < 1.29 is 23.4 Å². The van der Waals surface area contributed by atoms with Crippen LogP contribution in [-0.2, 0) is 29.2 Å². The van der Waals surface area contributed by atoms with Crippen LogP contribution in [0, 0.1) is 0 Å². The van der Waals surface area contributed by atoms with Gasteiger partial charge in [0.25, 0.3) is 0 Å². The second kappa shape index (κ2) is 11.6. The molecule has 2 aliphatic rings. The average molecular weight is 567 g/mol. The van der Waals surface area contributed by atoms with Crippen molar-refractivity contribution in [3.05, 3.63) is 89.6 Å². The summed E-state index contributed by atoms with van der Waals surface area (Å²) in [5.74, 6) is 1.68. The van der Waals surface area contributed by atoms with Crippen molar-refractivity contribution in [3.63, 3.8) is 0 Å². The Labute approximate surface area is 244 Å². The van der Waals surface area contributed by atoms with Crippen molar-refractivity contribution in [1.82, 2.24) is 19.4 Å². The Bertz CT molecular complexity index is 1710. The highest BCUT2D eigenvalue weighted by Crippen LogP contribution is 2.30. The first-order valence-corrected chi connectivity index (χ1v) is 14.6. The fourth-order valence-corrected chi connectivity index (χ4v) is 6.00. The van der Waals surface area contributed by atoms with E-state index in [2.05, 4.69) is 15.5 Å². The average Bonchev–Trinajstić information content (AvgIpc) is 3.58. The molecule has 5 aromatic rings. The zero-order valence-electron chi connectivity index (χ0n) is 23.7. The van der Waals surface area contributed by atoms with Crippen LogP contribution in [0.5, 0.6) is 5.88 Å². The summed E-state index contributed by atoms with van der Waals surface area (Å²) >= 11 is 0. The molecule has 1 unspecified atom stereocenters. The lowest BCUT2D eigenvalue weighted by Gasteiger charge is -2.32. The molecule has 0 amide bonds. The molecule has 1 atom stereocenters. The molecule has 0 spiro atoms. The van der Waals surface area contributed by atoms with Crippen LogP contribution in [0.1, 0.15) is 52.6 Å². The standard InChI is InChI=1S/C33H34N4O5/c1-39-33(38)23-9-10-28-29(17-23)37(18-25-13-16-40-25)31(34-28)19-36-14-11-22(12-15-36)27-6-4-8-32(35-27)42-21-24-20-41-30-7-3-2-5-26(24)30/h2-10,17,20,22,25H,11-16,18-19,21H2,1H3. The zero-order valence-corrected chi connectivity index (χ0v) is 23.7. The number of para-hydroxylation sites is 1. The van der Waals surface area contributed by atoms with Gasteiger partial charge in [-0.15, -0.1) is 0 Å². The molecule has 0 bridgehead atoms. The normalized spacial score (nSPS) is 17.9. The number of ether oxygens (including phenoxy) is 3. The van der Waals surface area contributed by atoms with Crippen LogP contribution >= 0.6 is 0 Å². The highest BCUT2D eigenvalue weighted by Gasteiger charge is 2.26. The molecule has 7 rings (SSSR count). The number of fused-ring (bicyclic) bond motifs is 2. The molecule has 5 heterocycles. The third-order valence-electron chi connectivity index (χ3n) is 8.48. The van der Waals surface area contributed by atoms with Gasteiger partial charge in [-0.1, -0.05) is 24.3 Å². The van der Waals surface area contributed by atoms with Crippen molar-refractivity contribution in [1.29, 1.82) is 0 Å². The lowest BCUT2D eigenvalue weighted by molar-refractivity contribution is -0.0592. The third-order valence-corrected chi connectivity index (χ3v) is 8.48. The first-order valence-electron chi connectivity index (χ1n) is 14.6. The van der Waals surface area contributed by atoms with E-state index in [1.807, 2.05) is 48.5 Å². The zero-order chi connectivity index (χ0) is 28.5. The van der Waals surface area contributed by atoms with Gasteiger partial charge in [0.2, 0.25) is 5.88 Å². The summed E-state index contributed by atoms with van der Waals surface area (Å²) in [6.45, 7) is 4.60. The van der Waals surface area contributed by atoms with Crippen LogP contribution in [0.15, 0.2) is 71.3 Å². The molecule has 0 aliphatic carbocycles. The van der Waals surface area contributed by atoms with E-state index in [1.165, 1.54) is 7.11 Å². The number of likely N-dealkylation sites (tertiary alicyclic amines) is 1. The SMILES string of the molecule is COC(=O)c1ccc2nc(CN3CCC(c4cccc(OCc5coc6ccccc56)n4)CC3)n(CC3CCO3)c2c1. The van der Waals surface area contributed by atoms with E-state index in [0.717, 1.165) is 91.1 Å². The topological polar surface area (TPSA) is 91.9 Å². The summed E-state index contributed by atoms with van der Waals surface area (Å²) in [5, 5.41) is 1.07. The first kappa shape index (κ1) is 26.7. The number of piperidine rings is 1. The van der Waals surface area contributed by atoms with Crippen LogP contribution in [0.2, 0.25) is 0 Å². The number of methoxy groups -OCH3 is 1. The van der Waals surface area contributed by atoms with Gasteiger partial charge in [0.15, 0.2) is 0 Å². The molecule has 2 aliphatic heterocycles. The largest absolute Gasteiger partial charge is 0.473 e. The van der Waals surface area contributed by atoms with Crippen LogP contribution in [0.3, 0.4) is 0 Å². The fraction of sp³-hybridized carbons (Fsp3) is 0.364. The summed E-state index contributed by atoms with van der Waals surface area (Å²) in [5.41, 5.74) is 5.32. The Balaban J connectivity index is 1.01. The third kappa shape index (κ3) is 5.37. The molecule has 0 saturated carbocycles. The van der Waals surface area contributed by atoms with Gasteiger partial charge in [0.1, 0.15) is 18.0 Å². The van der Waals surface area contributed by atoms with Gasteiger partial charge in [-0.05, 0) is 62.7 Å². The van der Waals surface area contributed by atoms with E-state index in [1.54, 1.807) is 12.3 Å². The van der Waals surface area contributed by atoms with E-state index >= 15 is 0 Å². The second-order valence-corrected chi connectivity index (χ2v) is 11.1. The lowest BCUT2D eigenvalue weighted by Crippen LogP contribution is -2.35. The number of pyridine rings is 1. The quantitative estimate of drug-likeness (QED) is 0.210. The molecule has 2 saturated heterocycles. The van der Waals surface area contributed by atoms with Crippen LogP contribution in [-0.4, -0.2) is 58.3 Å². The van der Waals surface area contributed by atoms with Gasteiger partial charge >= 0.3 is 5.97 Å². The van der Waals surface area contributed by atoms with E-state index in [-0.39, 0.29) is 12.1 Å². The van der Waals surface area contributed by atoms with E-state index in [0.29, 0.717) is 24.0 Å². The smallest absolute Gasteiger partial charge is 0.337 e.